The maximum Gasteiger partial charge on any atom is 0.253 e. The van der Waals surface area contributed by atoms with Crippen LogP contribution in [0.1, 0.15) is 24.2 Å². The van der Waals surface area contributed by atoms with E-state index in [0.29, 0.717) is 31.2 Å². The first-order valence-corrected chi connectivity index (χ1v) is 9.21. The number of halogens is 1. The summed E-state index contributed by atoms with van der Waals surface area (Å²) < 4.78 is 28.5. The zero-order valence-corrected chi connectivity index (χ0v) is 14.9. The van der Waals surface area contributed by atoms with Crippen molar-refractivity contribution in [1.29, 1.82) is 0 Å². The van der Waals surface area contributed by atoms with Gasteiger partial charge in [0.15, 0.2) is 9.84 Å². The molecule has 0 aliphatic carbocycles. The molecule has 5 nitrogen and oxygen atoms in total. The van der Waals surface area contributed by atoms with Gasteiger partial charge < -0.3 is 9.64 Å². The zero-order chi connectivity index (χ0) is 16.9. The van der Waals surface area contributed by atoms with Crippen molar-refractivity contribution in [3.05, 3.63) is 28.8 Å². The summed E-state index contributed by atoms with van der Waals surface area (Å²) in [5.74, 6) is 0.0646. The molecule has 0 fully saturated rings. The van der Waals surface area contributed by atoms with Crippen LogP contribution in [0.2, 0.25) is 5.02 Å². The minimum absolute atomic E-state index is 0.0312. The molecule has 0 aliphatic rings. The van der Waals surface area contributed by atoms with Crippen molar-refractivity contribution < 1.29 is 17.9 Å². The Kier molecular flexibility index (Phi) is 6.84. The van der Waals surface area contributed by atoms with E-state index in [1.54, 1.807) is 18.1 Å². The number of ether oxygens (including phenoxy) is 1. The third-order valence-electron chi connectivity index (χ3n) is 3.02. The first-order chi connectivity index (χ1) is 10.2. The van der Waals surface area contributed by atoms with E-state index >= 15 is 0 Å². The van der Waals surface area contributed by atoms with Crippen LogP contribution in [0.5, 0.6) is 0 Å². The minimum Gasteiger partial charge on any atom is -0.383 e. The van der Waals surface area contributed by atoms with Gasteiger partial charge in [0.2, 0.25) is 0 Å². The molecule has 0 saturated heterocycles. The number of sulfone groups is 1. The molecular weight excluding hydrogens is 326 g/mol. The van der Waals surface area contributed by atoms with Crippen LogP contribution in [0.15, 0.2) is 23.1 Å². The zero-order valence-electron chi connectivity index (χ0n) is 13.3. The lowest BCUT2D eigenvalue weighted by Gasteiger charge is -2.24. The van der Waals surface area contributed by atoms with Crippen molar-refractivity contribution in [1.82, 2.24) is 4.90 Å². The molecule has 0 unspecified atom stereocenters. The number of amides is 1. The van der Waals surface area contributed by atoms with Gasteiger partial charge in [0, 0.05) is 32.0 Å². The van der Waals surface area contributed by atoms with E-state index in [1.165, 1.54) is 12.1 Å². The SMILES string of the molecule is COCCN(CC(C)C)C(=O)c1ccc(Cl)c(S(C)(=O)=O)c1. The summed E-state index contributed by atoms with van der Waals surface area (Å²) >= 11 is 5.91. The van der Waals surface area contributed by atoms with Gasteiger partial charge in [-0.1, -0.05) is 25.4 Å². The second kappa shape index (κ2) is 7.94. The number of carbonyl (C=O) groups is 1. The third kappa shape index (κ3) is 5.26. The van der Waals surface area contributed by atoms with Crippen LogP contribution in [0, 0.1) is 5.92 Å². The third-order valence-corrected chi connectivity index (χ3v) is 4.59. The highest BCUT2D eigenvalue weighted by Gasteiger charge is 2.20. The molecule has 1 amide bonds. The fraction of sp³-hybridized carbons (Fsp3) is 0.533. The van der Waals surface area contributed by atoms with Crippen LogP contribution in [0.4, 0.5) is 0 Å². The summed E-state index contributed by atoms with van der Waals surface area (Å²) in [6.07, 6.45) is 1.07. The smallest absolute Gasteiger partial charge is 0.253 e. The Hall–Kier alpha value is -1.11. The van der Waals surface area contributed by atoms with Gasteiger partial charge in [-0.15, -0.1) is 0 Å². The van der Waals surface area contributed by atoms with Crippen LogP contribution in [-0.4, -0.2) is 52.3 Å². The van der Waals surface area contributed by atoms with Gasteiger partial charge in [0.1, 0.15) is 0 Å². The Bertz CT molecular complexity index is 628. The second-order valence-corrected chi connectivity index (χ2v) is 7.95. The van der Waals surface area contributed by atoms with Crippen LogP contribution in [-0.2, 0) is 14.6 Å². The molecular formula is C15H22ClNO4S. The fourth-order valence-electron chi connectivity index (χ4n) is 2.02. The molecule has 0 aliphatic heterocycles. The molecule has 0 N–H and O–H groups in total. The summed E-state index contributed by atoms with van der Waals surface area (Å²) in [5.41, 5.74) is 0.307. The van der Waals surface area contributed by atoms with Crippen molar-refractivity contribution in [2.75, 3.05) is 33.1 Å². The molecule has 0 bridgehead atoms. The van der Waals surface area contributed by atoms with E-state index in [-0.39, 0.29) is 15.8 Å². The normalized spacial score (nSPS) is 11.7. The van der Waals surface area contributed by atoms with E-state index in [4.69, 9.17) is 16.3 Å². The van der Waals surface area contributed by atoms with Crippen molar-refractivity contribution in [2.24, 2.45) is 5.92 Å². The molecule has 7 heteroatoms. The summed E-state index contributed by atoms with van der Waals surface area (Å²) in [6.45, 7) is 5.46. The first-order valence-electron chi connectivity index (χ1n) is 6.94. The molecule has 0 spiro atoms. The highest BCUT2D eigenvalue weighted by molar-refractivity contribution is 7.90. The molecule has 0 aromatic heterocycles. The van der Waals surface area contributed by atoms with E-state index in [9.17, 15) is 13.2 Å². The Morgan fingerprint density at radius 2 is 2.00 bits per heavy atom. The highest BCUT2D eigenvalue weighted by Crippen LogP contribution is 2.23. The number of benzene rings is 1. The average Bonchev–Trinajstić information content (AvgIpc) is 2.41. The van der Waals surface area contributed by atoms with Crippen molar-refractivity contribution in [3.8, 4) is 0 Å². The lowest BCUT2D eigenvalue weighted by Crippen LogP contribution is -2.36. The highest BCUT2D eigenvalue weighted by atomic mass is 35.5. The molecule has 0 radical (unpaired) electrons. The van der Waals surface area contributed by atoms with Gasteiger partial charge in [-0.2, -0.15) is 0 Å². The first kappa shape index (κ1) is 18.9. The van der Waals surface area contributed by atoms with E-state index in [0.717, 1.165) is 6.26 Å². The van der Waals surface area contributed by atoms with Gasteiger partial charge >= 0.3 is 0 Å². The number of methoxy groups -OCH3 is 1. The van der Waals surface area contributed by atoms with E-state index in [2.05, 4.69) is 0 Å². The predicted molar refractivity (Wildman–Crippen MR) is 87.2 cm³/mol. The molecule has 0 heterocycles. The summed E-state index contributed by atoms with van der Waals surface area (Å²) in [4.78, 5) is 14.2. The Labute approximate surface area is 137 Å². The molecule has 1 aromatic rings. The Balaban J connectivity index is 3.13. The second-order valence-electron chi connectivity index (χ2n) is 5.56. The maximum atomic E-state index is 12.6. The van der Waals surface area contributed by atoms with Gasteiger partial charge in [0.05, 0.1) is 16.5 Å². The topological polar surface area (TPSA) is 63.7 Å². The average molecular weight is 348 g/mol. The lowest BCUT2D eigenvalue weighted by atomic mass is 10.1. The fourth-order valence-corrected chi connectivity index (χ4v) is 3.32. The molecule has 1 aromatic carbocycles. The largest absolute Gasteiger partial charge is 0.383 e. The molecule has 124 valence electrons. The lowest BCUT2D eigenvalue weighted by molar-refractivity contribution is 0.0672. The molecule has 0 atom stereocenters. The monoisotopic (exact) mass is 347 g/mol. The van der Waals surface area contributed by atoms with Crippen molar-refractivity contribution >= 4 is 27.3 Å². The number of hydrogen-bond acceptors (Lipinski definition) is 4. The molecule has 1 rings (SSSR count). The van der Waals surface area contributed by atoms with Crippen molar-refractivity contribution in [2.45, 2.75) is 18.7 Å². The van der Waals surface area contributed by atoms with Gasteiger partial charge in [-0.25, -0.2) is 8.42 Å². The number of carbonyl (C=O) groups excluding carboxylic acids is 1. The number of nitrogens with zero attached hydrogens (tertiary/aromatic N) is 1. The summed E-state index contributed by atoms with van der Waals surface area (Å²) in [7, 11) is -1.91. The standard InChI is InChI=1S/C15H22ClNO4S/c1-11(2)10-17(7-8-21-3)15(18)12-5-6-13(16)14(9-12)22(4,19)20/h5-6,9,11H,7-8,10H2,1-4H3. The van der Waals surface area contributed by atoms with E-state index in [1.807, 2.05) is 13.8 Å². The quantitative estimate of drug-likeness (QED) is 0.760. The Morgan fingerprint density at radius 3 is 2.50 bits per heavy atom. The van der Waals surface area contributed by atoms with Crippen LogP contribution in [0.25, 0.3) is 0 Å². The van der Waals surface area contributed by atoms with E-state index < -0.39 is 9.84 Å². The Morgan fingerprint density at radius 1 is 1.36 bits per heavy atom. The number of hydrogen-bond donors (Lipinski definition) is 0. The van der Waals surface area contributed by atoms with Gasteiger partial charge in [-0.3, -0.25) is 4.79 Å². The maximum absolute atomic E-state index is 12.6. The van der Waals surface area contributed by atoms with Crippen LogP contribution >= 0.6 is 11.6 Å². The predicted octanol–water partition coefficient (Wildman–Crippen LogP) is 2.49. The molecule has 22 heavy (non-hydrogen) atoms. The van der Waals surface area contributed by atoms with Crippen LogP contribution < -0.4 is 0 Å². The summed E-state index contributed by atoms with van der Waals surface area (Å²) in [6, 6.07) is 4.31. The van der Waals surface area contributed by atoms with Crippen LogP contribution in [0.3, 0.4) is 0 Å². The molecule has 0 saturated carbocycles. The minimum atomic E-state index is -3.48. The van der Waals surface area contributed by atoms with Gasteiger partial charge in [-0.05, 0) is 24.1 Å². The summed E-state index contributed by atoms with van der Waals surface area (Å²) in [5, 5.41) is 0.117. The van der Waals surface area contributed by atoms with Crippen molar-refractivity contribution in [3.63, 3.8) is 0 Å². The number of rotatable bonds is 7. The van der Waals surface area contributed by atoms with Gasteiger partial charge in [0.25, 0.3) is 5.91 Å².